The normalized spacial score (nSPS) is 20.5. The van der Waals surface area contributed by atoms with E-state index in [1.165, 1.54) is 44.5 Å². The Morgan fingerprint density at radius 2 is 2.08 bits per heavy atom. The minimum absolute atomic E-state index is 0.699. The second-order valence-corrected chi connectivity index (χ2v) is 4.94. The zero-order chi connectivity index (χ0) is 8.86. The van der Waals surface area contributed by atoms with Gasteiger partial charge in [-0.2, -0.15) is 11.8 Å². The van der Waals surface area contributed by atoms with Gasteiger partial charge < -0.3 is 5.32 Å². The van der Waals surface area contributed by atoms with Crippen LogP contribution >= 0.6 is 11.8 Å². The Labute approximate surface area is 80.7 Å². The molecular weight excluding hydrogens is 166 g/mol. The van der Waals surface area contributed by atoms with Crippen molar-refractivity contribution in [2.45, 2.75) is 32.6 Å². The van der Waals surface area contributed by atoms with E-state index in [9.17, 15) is 0 Å². The molecule has 0 aromatic heterocycles. The summed E-state index contributed by atoms with van der Waals surface area (Å²) in [7, 11) is 0. The van der Waals surface area contributed by atoms with Crippen LogP contribution in [0.5, 0.6) is 0 Å². The minimum atomic E-state index is 0.699. The molecule has 1 fully saturated rings. The van der Waals surface area contributed by atoms with Gasteiger partial charge in [-0.05, 0) is 36.7 Å². The van der Waals surface area contributed by atoms with E-state index in [1.54, 1.807) is 0 Å². The molecule has 72 valence electrons. The topological polar surface area (TPSA) is 12.0 Å². The maximum atomic E-state index is 3.41. The van der Waals surface area contributed by atoms with E-state index in [0.717, 1.165) is 0 Å². The molecule has 0 unspecified atom stereocenters. The molecule has 2 heteroatoms. The van der Waals surface area contributed by atoms with Crippen LogP contribution < -0.4 is 5.32 Å². The molecule has 0 aromatic carbocycles. The molecule has 0 spiro atoms. The first kappa shape index (κ1) is 10.4. The maximum absolute atomic E-state index is 3.41. The molecule has 1 aliphatic heterocycles. The van der Waals surface area contributed by atoms with Crippen LogP contribution in [0.4, 0.5) is 0 Å². The maximum Gasteiger partial charge on any atom is 0.00202 e. The fourth-order valence-electron chi connectivity index (χ4n) is 2.08. The Balaban J connectivity index is 2.15. The molecule has 0 bridgehead atoms. The molecule has 12 heavy (non-hydrogen) atoms. The summed E-state index contributed by atoms with van der Waals surface area (Å²) >= 11 is 1.97. The predicted molar refractivity (Wildman–Crippen MR) is 57.8 cm³/mol. The smallest absolute Gasteiger partial charge is 0.00202 e. The van der Waals surface area contributed by atoms with E-state index >= 15 is 0 Å². The Bertz CT molecular complexity index is 121. The number of rotatable bonds is 6. The van der Waals surface area contributed by atoms with Gasteiger partial charge in [-0.25, -0.2) is 0 Å². The fourth-order valence-corrected chi connectivity index (χ4v) is 2.51. The monoisotopic (exact) mass is 187 g/mol. The predicted octanol–water partition coefficient (Wildman–Crippen LogP) is 2.52. The fraction of sp³-hybridized carbons (Fsp3) is 1.00. The van der Waals surface area contributed by atoms with Crippen molar-refractivity contribution in [3.63, 3.8) is 0 Å². The number of hydrogen-bond acceptors (Lipinski definition) is 2. The second kappa shape index (κ2) is 5.13. The quantitative estimate of drug-likeness (QED) is 0.641. The molecule has 1 saturated heterocycles. The highest BCUT2D eigenvalue weighted by atomic mass is 32.2. The van der Waals surface area contributed by atoms with Gasteiger partial charge in [-0.1, -0.05) is 13.3 Å². The lowest BCUT2D eigenvalue weighted by Gasteiger charge is -2.43. The van der Waals surface area contributed by atoms with Gasteiger partial charge in [0.2, 0.25) is 0 Å². The highest BCUT2D eigenvalue weighted by Crippen LogP contribution is 2.33. The van der Waals surface area contributed by atoms with Gasteiger partial charge in [0.05, 0.1) is 0 Å². The van der Waals surface area contributed by atoms with E-state index in [0.29, 0.717) is 5.41 Å². The molecule has 0 atom stereocenters. The largest absolute Gasteiger partial charge is 0.316 e. The molecule has 1 nitrogen and oxygen atoms in total. The van der Waals surface area contributed by atoms with Gasteiger partial charge >= 0.3 is 0 Å². The average molecular weight is 187 g/mol. The third kappa shape index (κ3) is 2.67. The lowest BCUT2D eigenvalue weighted by molar-refractivity contribution is 0.136. The van der Waals surface area contributed by atoms with Crippen molar-refractivity contribution in [3.8, 4) is 0 Å². The zero-order valence-corrected chi connectivity index (χ0v) is 9.17. The van der Waals surface area contributed by atoms with E-state index < -0.39 is 0 Å². The highest BCUT2D eigenvalue weighted by Gasteiger charge is 2.34. The summed E-state index contributed by atoms with van der Waals surface area (Å²) in [5.41, 5.74) is 0.699. The van der Waals surface area contributed by atoms with Gasteiger partial charge in [0, 0.05) is 13.1 Å². The zero-order valence-electron chi connectivity index (χ0n) is 8.36. The van der Waals surface area contributed by atoms with Crippen LogP contribution in [0.15, 0.2) is 0 Å². The molecule has 0 radical (unpaired) electrons. The number of thioether (sulfide) groups is 1. The Hall–Kier alpha value is 0.310. The third-order valence-corrected chi connectivity index (χ3v) is 3.53. The van der Waals surface area contributed by atoms with E-state index in [4.69, 9.17) is 0 Å². The molecule has 1 aliphatic rings. The summed E-state index contributed by atoms with van der Waals surface area (Å²) < 4.78 is 0. The van der Waals surface area contributed by atoms with Crippen LogP contribution in [0, 0.1) is 5.41 Å². The third-order valence-electron chi connectivity index (χ3n) is 2.84. The average Bonchev–Trinajstić information content (AvgIpc) is 2.00. The summed E-state index contributed by atoms with van der Waals surface area (Å²) in [6.07, 6.45) is 7.82. The van der Waals surface area contributed by atoms with Crippen molar-refractivity contribution < 1.29 is 0 Å². The van der Waals surface area contributed by atoms with Crippen molar-refractivity contribution >= 4 is 11.8 Å². The van der Waals surface area contributed by atoms with Crippen LogP contribution in [0.1, 0.15) is 32.6 Å². The Morgan fingerprint density at radius 1 is 1.33 bits per heavy atom. The minimum Gasteiger partial charge on any atom is -0.316 e. The lowest BCUT2D eigenvalue weighted by Crippen LogP contribution is -2.53. The Morgan fingerprint density at radius 3 is 2.50 bits per heavy atom. The molecule has 0 aromatic rings. The van der Waals surface area contributed by atoms with Gasteiger partial charge in [0.15, 0.2) is 0 Å². The first-order valence-electron chi connectivity index (χ1n) is 5.03. The number of hydrogen-bond donors (Lipinski definition) is 1. The molecule has 0 amide bonds. The van der Waals surface area contributed by atoms with Crippen molar-refractivity contribution in [3.05, 3.63) is 0 Å². The molecule has 1 N–H and O–H groups in total. The van der Waals surface area contributed by atoms with E-state index in [1.807, 2.05) is 11.8 Å². The Kier molecular flexibility index (Phi) is 4.44. The van der Waals surface area contributed by atoms with E-state index in [2.05, 4.69) is 18.5 Å². The van der Waals surface area contributed by atoms with Crippen molar-refractivity contribution in [2.24, 2.45) is 5.41 Å². The van der Waals surface area contributed by atoms with Crippen LogP contribution in [0.25, 0.3) is 0 Å². The van der Waals surface area contributed by atoms with Crippen LogP contribution in [0.3, 0.4) is 0 Å². The van der Waals surface area contributed by atoms with Crippen molar-refractivity contribution in [1.82, 2.24) is 5.32 Å². The van der Waals surface area contributed by atoms with E-state index in [-0.39, 0.29) is 0 Å². The van der Waals surface area contributed by atoms with Gasteiger partial charge in [0.25, 0.3) is 0 Å². The van der Waals surface area contributed by atoms with Gasteiger partial charge in [0.1, 0.15) is 0 Å². The summed E-state index contributed by atoms with van der Waals surface area (Å²) in [4.78, 5) is 0. The van der Waals surface area contributed by atoms with Crippen LogP contribution in [-0.2, 0) is 0 Å². The lowest BCUT2D eigenvalue weighted by atomic mass is 9.74. The van der Waals surface area contributed by atoms with Crippen LogP contribution in [-0.4, -0.2) is 25.1 Å². The van der Waals surface area contributed by atoms with Gasteiger partial charge in [-0.3, -0.25) is 0 Å². The molecule has 0 aliphatic carbocycles. The second-order valence-electron chi connectivity index (χ2n) is 3.95. The van der Waals surface area contributed by atoms with Crippen molar-refractivity contribution in [2.75, 3.05) is 25.1 Å². The summed E-state index contributed by atoms with van der Waals surface area (Å²) in [6.45, 7) is 4.85. The van der Waals surface area contributed by atoms with Crippen LogP contribution in [0.2, 0.25) is 0 Å². The first-order valence-corrected chi connectivity index (χ1v) is 6.42. The highest BCUT2D eigenvalue weighted by molar-refractivity contribution is 7.98. The standard InChI is InChI=1S/C10H21NS/c1-3-5-10(8-11-9-10)6-4-7-12-2/h11H,3-9H2,1-2H3. The summed E-state index contributed by atoms with van der Waals surface area (Å²) in [5, 5.41) is 3.41. The first-order chi connectivity index (χ1) is 5.83. The number of nitrogens with one attached hydrogen (secondary N) is 1. The summed E-state index contributed by atoms with van der Waals surface area (Å²) in [6, 6.07) is 0. The summed E-state index contributed by atoms with van der Waals surface area (Å²) in [5.74, 6) is 1.34. The SMILES string of the molecule is CCCC1(CCCSC)CNC1. The molecule has 0 saturated carbocycles. The molecular formula is C10H21NS. The molecule has 1 heterocycles. The van der Waals surface area contributed by atoms with Gasteiger partial charge in [-0.15, -0.1) is 0 Å². The molecule has 1 rings (SSSR count). The van der Waals surface area contributed by atoms with Crippen molar-refractivity contribution in [1.29, 1.82) is 0 Å².